The fourth-order valence-electron chi connectivity index (χ4n) is 4.14. The Morgan fingerprint density at radius 3 is 2.72 bits per heavy atom. The van der Waals surface area contributed by atoms with Crippen LogP contribution in [0.1, 0.15) is 51.7 Å². The fraction of sp³-hybridized carbons (Fsp3) is 0.391. The SMILES string of the molecule is COCCCN1C(=O)c2ccccc2[C@H]1Nc1cccc(C(=O)N2CCCC2)c1. The Morgan fingerprint density at radius 1 is 1.14 bits per heavy atom. The number of nitrogens with one attached hydrogen (secondary N) is 1. The number of carbonyl (C=O) groups excluding carboxylic acids is 2. The van der Waals surface area contributed by atoms with Crippen LogP contribution in [0, 0.1) is 0 Å². The first-order valence-electron chi connectivity index (χ1n) is 10.2. The molecule has 1 atom stereocenters. The zero-order valence-corrected chi connectivity index (χ0v) is 16.8. The maximum atomic E-state index is 12.9. The molecule has 6 nitrogen and oxygen atoms in total. The molecule has 2 aromatic carbocycles. The summed E-state index contributed by atoms with van der Waals surface area (Å²) in [6.07, 6.45) is 2.65. The highest BCUT2D eigenvalue weighted by Crippen LogP contribution is 2.34. The molecule has 0 saturated carbocycles. The number of methoxy groups -OCH3 is 1. The average molecular weight is 393 g/mol. The van der Waals surface area contributed by atoms with Gasteiger partial charge in [-0.05, 0) is 43.5 Å². The molecule has 2 heterocycles. The molecule has 1 fully saturated rings. The summed E-state index contributed by atoms with van der Waals surface area (Å²) in [5, 5.41) is 3.48. The Bertz CT molecular complexity index is 892. The van der Waals surface area contributed by atoms with Gasteiger partial charge in [0.15, 0.2) is 0 Å². The molecule has 0 aliphatic carbocycles. The molecule has 29 heavy (non-hydrogen) atoms. The van der Waals surface area contributed by atoms with Gasteiger partial charge in [-0.2, -0.15) is 0 Å². The van der Waals surface area contributed by atoms with Crippen molar-refractivity contribution >= 4 is 17.5 Å². The predicted molar refractivity (Wildman–Crippen MR) is 112 cm³/mol. The molecule has 152 valence electrons. The van der Waals surface area contributed by atoms with Crippen LogP contribution in [0.5, 0.6) is 0 Å². The first-order valence-corrected chi connectivity index (χ1v) is 10.2. The van der Waals surface area contributed by atoms with Crippen molar-refractivity contribution in [2.45, 2.75) is 25.4 Å². The number of fused-ring (bicyclic) bond motifs is 1. The number of hydrogen-bond acceptors (Lipinski definition) is 4. The first-order chi connectivity index (χ1) is 14.2. The summed E-state index contributed by atoms with van der Waals surface area (Å²) in [6, 6.07) is 15.3. The lowest BCUT2D eigenvalue weighted by Crippen LogP contribution is -2.33. The van der Waals surface area contributed by atoms with E-state index in [1.54, 1.807) is 7.11 Å². The van der Waals surface area contributed by atoms with Gasteiger partial charge in [-0.25, -0.2) is 0 Å². The van der Waals surface area contributed by atoms with Crippen molar-refractivity contribution in [3.8, 4) is 0 Å². The Morgan fingerprint density at radius 2 is 1.93 bits per heavy atom. The lowest BCUT2D eigenvalue weighted by Gasteiger charge is -2.27. The van der Waals surface area contributed by atoms with Crippen molar-refractivity contribution in [1.82, 2.24) is 9.80 Å². The molecule has 0 spiro atoms. The van der Waals surface area contributed by atoms with Gasteiger partial charge in [-0.1, -0.05) is 24.3 Å². The van der Waals surface area contributed by atoms with Gasteiger partial charge in [0, 0.05) is 55.7 Å². The molecular weight excluding hydrogens is 366 g/mol. The van der Waals surface area contributed by atoms with E-state index in [4.69, 9.17) is 4.74 Å². The number of anilines is 1. The van der Waals surface area contributed by atoms with E-state index in [1.807, 2.05) is 58.3 Å². The third-order valence-electron chi connectivity index (χ3n) is 5.61. The van der Waals surface area contributed by atoms with Crippen LogP contribution in [-0.4, -0.2) is 55.0 Å². The summed E-state index contributed by atoms with van der Waals surface area (Å²) in [4.78, 5) is 29.4. The van der Waals surface area contributed by atoms with Gasteiger partial charge >= 0.3 is 0 Å². The van der Waals surface area contributed by atoms with Crippen LogP contribution in [0.3, 0.4) is 0 Å². The van der Waals surface area contributed by atoms with E-state index in [0.29, 0.717) is 18.7 Å². The molecule has 2 amide bonds. The molecule has 0 radical (unpaired) electrons. The second kappa shape index (κ2) is 8.66. The quantitative estimate of drug-likeness (QED) is 0.731. The Hall–Kier alpha value is -2.86. The summed E-state index contributed by atoms with van der Waals surface area (Å²) in [7, 11) is 1.67. The van der Waals surface area contributed by atoms with Crippen LogP contribution in [-0.2, 0) is 4.74 Å². The second-order valence-electron chi connectivity index (χ2n) is 7.56. The minimum atomic E-state index is -0.257. The Balaban J connectivity index is 1.57. The van der Waals surface area contributed by atoms with E-state index < -0.39 is 0 Å². The zero-order chi connectivity index (χ0) is 20.2. The topological polar surface area (TPSA) is 61.9 Å². The molecule has 2 aromatic rings. The molecule has 0 bridgehead atoms. The van der Waals surface area contributed by atoms with Crippen molar-refractivity contribution in [1.29, 1.82) is 0 Å². The molecule has 1 saturated heterocycles. The monoisotopic (exact) mass is 393 g/mol. The average Bonchev–Trinajstić information content (AvgIpc) is 3.37. The van der Waals surface area contributed by atoms with Gasteiger partial charge in [-0.15, -0.1) is 0 Å². The van der Waals surface area contributed by atoms with Crippen LogP contribution in [0.15, 0.2) is 48.5 Å². The molecule has 1 N–H and O–H groups in total. The predicted octanol–water partition coefficient (Wildman–Crippen LogP) is 3.53. The maximum Gasteiger partial charge on any atom is 0.256 e. The van der Waals surface area contributed by atoms with Crippen molar-refractivity contribution in [3.05, 3.63) is 65.2 Å². The molecule has 2 aliphatic rings. The van der Waals surface area contributed by atoms with E-state index in [-0.39, 0.29) is 18.0 Å². The van der Waals surface area contributed by atoms with E-state index in [0.717, 1.165) is 49.2 Å². The third kappa shape index (κ3) is 3.98. The van der Waals surface area contributed by atoms with Gasteiger partial charge in [0.25, 0.3) is 11.8 Å². The number of hydrogen-bond donors (Lipinski definition) is 1. The third-order valence-corrected chi connectivity index (χ3v) is 5.61. The summed E-state index contributed by atoms with van der Waals surface area (Å²) < 4.78 is 5.16. The van der Waals surface area contributed by atoms with Gasteiger partial charge < -0.3 is 19.9 Å². The summed E-state index contributed by atoms with van der Waals surface area (Å²) in [5.74, 6) is 0.101. The number of rotatable bonds is 7. The van der Waals surface area contributed by atoms with E-state index in [1.165, 1.54) is 0 Å². The normalized spacial score (nSPS) is 18.2. The number of ether oxygens (including phenoxy) is 1. The first kappa shape index (κ1) is 19.5. The molecule has 0 unspecified atom stereocenters. The minimum Gasteiger partial charge on any atom is -0.385 e. The van der Waals surface area contributed by atoms with E-state index in [2.05, 4.69) is 5.32 Å². The number of nitrogens with zero attached hydrogens (tertiary/aromatic N) is 2. The lowest BCUT2D eigenvalue weighted by atomic mass is 10.1. The largest absolute Gasteiger partial charge is 0.385 e. The van der Waals surface area contributed by atoms with Crippen LogP contribution in [0.2, 0.25) is 0 Å². The number of benzene rings is 2. The minimum absolute atomic E-state index is 0.0264. The highest BCUT2D eigenvalue weighted by molar-refractivity contribution is 5.99. The van der Waals surface area contributed by atoms with Crippen LogP contribution in [0.25, 0.3) is 0 Å². The maximum absolute atomic E-state index is 12.9. The van der Waals surface area contributed by atoms with Gasteiger partial charge in [0.2, 0.25) is 0 Å². The van der Waals surface area contributed by atoms with Gasteiger partial charge in [-0.3, -0.25) is 9.59 Å². The van der Waals surface area contributed by atoms with Crippen molar-refractivity contribution in [2.24, 2.45) is 0 Å². The molecule has 4 rings (SSSR count). The second-order valence-corrected chi connectivity index (χ2v) is 7.56. The van der Waals surface area contributed by atoms with Crippen LogP contribution >= 0.6 is 0 Å². The molecule has 0 aromatic heterocycles. The highest BCUT2D eigenvalue weighted by Gasteiger charge is 2.36. The summed E-state index contributed by atoms with van der Waals surface area (Å²) in [6.45, 7) is 2.86. The zero-order valence-electron chi connectivity index (χ0n) is 16.8. The summed E-state index contributed by atoms with van der Waals surface area (Å²) >= 11 is 0. The standard InChI is InChI=1S/C23H27N3O3/c1-29-15-7-14-26-21(19-10-2-3-11-20(19)23(26)28)24-18-9-6-8-17(16-18)22(27)25-12-4-5-13-25/h2-3,6,8-11,16,21,24H,4-5,7,12-15H2,1H3/t21-/m0/s1. The van der Waals surface area contributed by atoms with E-state index in [9.17, 15) is 9.59 Å². The molecular formula is C23H27N3O3. The molecule has 6 heteroatoms. The van der Waals surface area contributed by atoms with Crippen molar-refractivity contribution in [2.75, 3.05) is 38.7 Å². The summed E-state index contributed by atoms with van der Waals surface area (Å²) in [5.41, 5.74) is 3.21. The highest BCUT2D eigenvalue weighted by atomic mass is 16.5. The number of carbonyl (C=O) groups is 2. The van der Waals surface area contributed by atoms with Crippen molar-refractivity contribution < 1.29 is 14.3 Å². The van der Waals surface area contributed by atoms with Crippen molar-refractivity contribution in [3.63, 3.8) is 0 Å². The van der Waals surface area contributed by atoms with Gasteiger partial charge in [0.05, 0.1) is 0 Å². The fourth-order valence-corrected chi connectivity index (χ4v) is 4.14. The smallest absolute Gasteiger partial charge is 0.256 e. The Labute approximate surface area is 171 Å². The number of likely N-dealkylation sites (tertiary alicyclic amines) is 1. The van der Waals surface area contributed by atoms with E-state index >= 15 is 0 Å². The van der Waals surface area contributed by atoms with Crippen LogP contribution < -0.4 is 5.32 Å². The Kier molecular flexibility index (Phi) is 5.81. The van der Waals surface area contributed by atoms with Crippen LogP contribution in [0.4, 0.5) is 5.69 Å². The lowest BCUT2D eigenvalue weighted by molar-refractivity contribution is 0.0720. The molecule has 2 aliphatic heterocycles. The number of amides is 2. The van der Waals surface area contributed by atoms with Gasteiger partial charge in [0.1, 0.15) is 6.17 Å².